The lowest BCUT2D eigenvalue weighted by molar-refractivity contribution is 0.660. The fourth-order valence-corrected chi connectivity index (χ4v) is 12.3. The molecule has 0 atom stereocenters. The number of anilines is 6. The maximum Gasteiger partial charge on any atom is 0.0755 e. The van der Waals surface area contributed by atoms with Gasteiger partial charge in [-0.25, -0.2) is 0 Å². The highest BCUT2D eigenvalue weighted by molar-refractivity contribution is 6.02. The highest BCUT2D eigenvalue weighted by Gasteiger charge is 2.52. The zero-order chi connectivity index (χ0) is 42.2. The number of hydrogen-bond donors (Lipinski definition) is 0. The Balaban J connectivity index is 1.10. The van der Waals surface area contributed by atoms with Crippen molar-refractivity contribution in [2.24, 2.45) is 0 Å². The summed E-state index contributed by atoms with van der Waals surface area (Å²) in [4.78, 5) is 5.03. The van der Waals surface area contributed by atoms with E-state index in [0.717, 1.165) is 17.1 Å². The molecule has 9 aromatic carbocycles. The van der Waals surface area contributed by atoms with Crippen molar-refractivity contribution in [2.75, 3.05) is 9.80 Å². The molecule has 1 spiro atoms. The van der Waals surface area contributed by atoms with Crippen LogP contribution in [0.3, 0.4) is 0 Å². The van der Waals surface area contributed by atoms with E-state index in [1.807, 2.05) is 0 Å². The molecule has 0 saturated carbocycles. The molecule has 13 rings (SSSR count). The molecule has 2 nitrogen and oxygen atoms in total. The number of benzene rings is 9. The van der Waals surface area contributed by atoms with Crippen LogP contribution < -0.4 is 9.80 Å². The average molecular weight is 807 g/mol. The van der Waals surface area contributed by atoms with Crippen molar-refractivity contribution in [2.45, 2.75) is 43.9 Å². The second kappa shape index (κ2) is 12.8. The molecule has 0 fully saturated rings. The lowest BCUT2D eigenvalue weighted by Crippen LogP contribution is -2.36. The third-order valence-corrected chi connectivity index (χ3v) is 15.1. The number of fused-ring (bicyclic) bond motifs is 15. The fraction of sp³-hybridized carbons (Fsp3) is 0.115. The number of hydrogen-bond acceptors (Lipinski definition) is 2. The van der Waals surface area contributed by atoms with E-state index >= 15 is 0 Å². The maximum atomic E-state index is 2.57. The van der Waals surface area contributed by atoms with Gasteiger partial charge in [-0.3, -0.25) is 0 Å². The largest absolute Gasteiger partial charge is 0.310 e. The van der Waals surface area contributed by atoms with E-state index in [0.29, 0.717) is 0 Å². The highest BCUT2D eigenvalue weighted by atomic mass is 15.2. The molecule has 0 saturated heterocycles. The Hall–Kier alpha value is -7.42. The van der Waals surface area contributed by atoms with Gasteiger partial charge in [-0.2, -0.15) is 0 Å². The summed E-state index contributed by atoms with van der Waals surface area (Å²) in [7, 11) is 0. The van der Waals surface area contributed by atoms with E-state index in [9.17, 15) is 0 Å². The monoisotopic (exact) mass is 806 g/mol. The molecule has 300 valence electrons. The van der Waals surface area contributed by atoms with Gasteiger partial charge in [0, 0.05) is 33.5 Å². The van der Waals surface area contributed by atoms with Crippen molar-refractivity contribution in [3.05, 3.63) is 251 Å². The molecular weight excluding hydrogens is 761 g/mol. The summed E-state index contributed by atoms with van der Waals surface area (Å²) in [6, 6.07) is 77.7. The third kappa shape index (κ3) is 4.68. The Morgan fingerprint density at radius 3 is 1.32 bits per heavy atom. The molecule has 0 N–H and O–H groups in total. The van der Waals surface area contributed by atoms with Gasteiger partial charge in [0.15, 0.2) is 0 Å². The molecule has 0 aromatic heterocycles. The van der Waals surface area contributed by atoms with E-state index in [-0.39, 0.29) is 10.8 Å². The standard InChI is InChI=1S/C61H46N2/c1-59(2)47-24-11-8-21-42(47)44-35-33-40(37-53(44)59)62(41-34-36-45-43-22-9-12-25-48(43)60(3,4)54(45)38-41)57-32-18-29-52-58(57)46-23-10-13-26-49(46)61(52)50-27-14-16-30-55(50)63(39-19-6-5-7-20-39)56-31-17-15-28-51(56)61/h5-38H,1-4H3. The Morgan fingerprint density at radius 1 is 0.333 bits per heavy atom. The minimum Gasteiger partial charge on any atom is -0.310 e. The first kappa shape index (κ1) is 36.3. The minimum atomic E-state index is -0.560. The first-order valence-electron chi connectivity index (χ1n) is 22.4. The second-order valence-corrected chi connectivity index (χ2v) is 18.8. The van der Waals surface area contributed by atoms with E-state index in [1.54, 1.807) is 0 Å². The van der Waals surface area contributed by atoms with Crippen molar-refractivity contribution < 1.29 is 0 Å². The first-order valence-corrected chi connectivity index (χ1v) is 22.4. The molecule has 1 heterocycles. The molecule has 0 amide bonds. The minimum absolute atomic E-state index is 0.148. The van der Waals surface area contributed by atoms with Gasteiger partial charge < -0.3 is 9.80 Å². The van der Waals surface area contributed by atoms with Crippen molar-refractivity contribution >= 4 is 34.1 Å². The van der Waals surface area contributed by atoms with E-state index in [4.69, 9.17) is 0 Å². The average Bonchev–Trinajstić information content (AvgIpc) is 3.85. The Kier molecular flexibility index (Phi) is 7.37. The predicted octanol–water partition coefficient (Wildman–Crippen LogP) is 15.9. The first-order chi connectivity index (χ1) is 30.8. The lowest BCUT2D eigenvalue weighted by atomic mass is 9.64. The SMILES string of the molecule is CC1(C)c2ccccc2-c2ccc(N(c3ccc4c(c3)C(C)(C)c3ccccc3-4)c3cccc4c3-c3ccccc3C43c4ccccc4N(c4ccccc4)c4ccccc43)cc21. The van der Waals surface area contributed by atoms with Crippen molar-refractivity contribution in [1.29, 1.82) is 0 Å². The van der Waals surface area contributed by atoms with Crippen LogP contribution in [-0.2, 0) is 16.2 Å². The molecule has 0 unspecified atom stereocenters. The van der Waals surface area contributed by atoms with Crippen molar-refractivity contribution in [3.8, 4) is 33.4 Å². The van der Waals surface area contributed by atoms with Gasteiger partial charge in [-0.05, 0) is 127 Å². The molecule has 0 bridgehead atoms. The van der Waals surface area contributed by atoms with Crippen LogP contribution in [0.5, 0.6) is 0 Å². The van der Waals surface area contributed by atoms with Gasteiger partial charge in [0.2, 0.25) is 0 Å². The van der Waals surface area contributed by atoms with Gasteiger partial charge in [-0.1, -0.05) is 179 Å². The molecule has 63 heavy (non-hydrogen) atoms. The van der Waals surface area contributed by atoms with Crippen LogP contribution in [0, 0.1) is 0 Å². The molecule has 9 aromatic rings. The van der Waals surface area contributed by atoms with E-state index < -0.39 is 5.41 Å². The fourth-order valence-electron chi connectivity index (χ4n) is 12.3. The third-order valence-electron chi connectivity index (χ3n) is 15.1. The van der Waals surface area contributed by atoms with E-state index in [1.165, 1.54) is 95.0 Å². The molecular formula is C61H46N2. The van der Waals surface area contributed by atoms with Gasteiger partial charge >= 0.3 is 0 Å². The van der Waals surface area contributed by atoms with Gasteiger partial charge in [0.05, 0.1) is 22.5 Å². The summed E-state index contributed by atoms with van der Waals surface area (Å²) >= 11 is 0. The zero-order valence-electron chi connectivity index (χ0n) is 36.0. The summed E-state index contributed by atoms with van der Waals surface area (Å²) in [5.74, 6) is 0. The summed E-state index contributed by atoms with van der Waals surface area (Å²) in [5, 5.41) is 0. The van der Waals surface area contributed by atoms with Crippen LogP contribution in [0.4, 0.5) is 34.1 Å². The second-order valence-electron chi connectivity index (χ2n) is 18.8. The highest BCUT2D eigenvalue weighted by Crippen LogP contribution is 2.65. The zero-order valence-corrected chi connectivity index (χ0v) is 36.0. The molecule has 0 radical (unpaired) electrons. The predicted molar refractivity (Wildman–Crippen MR) is 262 cm³/mol. The Morgan fingerprint density at radius 2 is 0.762 bits per heavy atom. The van der Waals surface area contributed by atoms with Crippen LogP contribution in [0.15, 0.2) is 206 Å². The molecule has 1 aliphatic heterocycles. The Bertz CT molecular complexity index is 3220. The lowest BCUT2D eigenvalue weighted by Gasteiger charge is -2.45. The smallest absolute Gasteiger partial charge is 0.0755 e. The number of rotatable bonds is 4. The van der Waals surface area contributed by atoms with Crippen LogP contribution in [0.1, 0.15) is 72.2 Å². The Labute approximate surface area is 370 Å². The summed E-state index contributed by atoms with van der Waals surface area (Å²) < 4.78 is 0. The summed E-state index contributed by atoms with van der Waals surface area (Å²) in [5.41, 5.74) is 24.8. The summed E-state index contributed by atoms with van der Waals surface area (Å²) in [6.07, 6.45) is 0. The molecule has 3 aliphatic carbocycles. The van der Waals surface area contributed by atoms with Crippen molar-refractivity contribution in [3.63, 3.8) is 0 Å². The van der Waals surface area contributed by atoms with Crippen LogP contribution >= 0.6 is 0 Å². The molecule has 2 heteroatoms. The van der Waals surface area contributed by atoms with Crippen molar-refractivity contribution in [1.82, 2.24) is 0 Å². The number of para-hydroxylation sites is 3. The summed E-state index contributed by atoms with van der Waals surface area (Å²) in [6.45, 7) is 9.55. The van der Waals surface area contributed by atoms with Crippen LogP contribution in [0.2, 0.25) is 0 Å². The normalized spacial score (nSPS) is 15.7. The van der Waals surface area contributed by atoms with Crippen LogP contribution in [-0.4, -0.2) is 0 Å². The van der Waals surface area contributed by atoms with Gasteiger partial charge in [-0.15, -0.1) is 0 Å². The van der Waals surface area contributed by atoms with Crippen LogP contribution in [0.25, 0.3) is 33.4 Å². The topological polar surface area (TPSA) is 6.48 Å². The molecule has 4 aliphatic rings. The number of nitrogens with zero attached hydrogens (tertiary/aromatic N) is 2. The van der Waals surface area contributed by atoms with Gasteiger partial charge in [0.25, 0.3) is 0 Å². The quantitative estimate of drug-likeness (QED) is 0.175. The maximum absolute atomic E-state index is 2.57. The van der Waals surface area contributed by atoms with E-state index in [2.05, 4.69) is 244 Å². The van der Waals surface area contributed by atoms with Gasteiger partial charge in [0.1, 0.15) is 0 Å².